The zero-order valence-electron chi connectivity index (χ0n) is 23.0. The Morgan fingerprint density at radius 3 is 2.91 bits per heavy atom. The summed E-state index contributed by atoms with van der Waals surface area (Å²) < 4.78 is 40.4. The van der Waals surface area contributed by atoms with Crippen LogP contribution in [0.5, 0.6) is 6.01 Å². The van der Waals surface area contributed by atoms with Gasteiger partial charge in [-0.1, -0.05) is 18.2 Å². The van der Waals surface area contributed by atoms with E-state index in [1.807, 2.05) is 4.90 Å². The smallest absolute Gasteiger partial charge is 0.319 e. The number of carbonyl (C=O) groups is 1. The average Bonchev–Trinajstić information content (AvgIpc) is 3.66. The van der Waals surface area contributed by atoms with E-state index in [2.05, 4.69) is 22.9 Å². The van der Waals surface area contributed by atoms with E-state index in [0.717, 1.165) is 6.07 Å². The summed E-state index contributed by atoms with van der Waals surface area (Å²) in [6.07, 6.45) is 2.22. The van der Waals surface area contributed by atoms with Crippen LogP contribution in [0, 0.1) is 17.1 Å². The van der Waals surface area contributed by atoms with Crippen molar-refractivity contribution in [1.29, 1.82) is 5.26 Å². The standard InChI is InChI=1S/C30H28ClF2N7O3/c1-2-25(41)40-7-6-39(14-19(40)3-5-34)29-26-24(37-30(38-29)43-15-18-9-16(32)13-36-18)12-21(20-4-8-42-28(20)26)22-10-17(35)11-23(33)27(22)31/h2,4,8,10-12,16,18-19,36H,1,3,6-7,9,13-15,35H2/t16-,18+,19+/m1/s1. The van der Waals surface area contributed by atoms with Gasteiger partial charge >= 0.3 is 6.01 Å². The molecule has 222 valence electrons. The summed E-state index contributed by atoms with van der Waals surface area (Å²) >= 11 is 6.40. The molecule has 2 aromatic heterocycles. The maximum Gasteiger partial charge on any atom is 0.319 e. The van der Waals surface area contributed by atoms with Crippen LogP contribution in [-0.4, -0.2) is 71.8 Å². The third kappa shape index (κ3) is 5.42. The summed E-state index contributed by atoms with van der Waals surface area (Å²) in [6.45, 7) is 5.03. The van der Waals surface area contributed by atoms with E-state index in [4.69, 9.17) is 31.5 Å². The number of nitriles is 1. The molecule has 0 unspecified atom stereocenters. The van der Waals surface area contributed by atoms with Crippen molar-refractivity contribution >= 4 is 50.9 Å². The van der Waals surface area contributed by atoms with E-state index in [-0.39, 0.29) is 48.2 Å². The first kappa shape index (κ1) is 28.6. The molecule has 4 aromatic rings. The molecule has 10 nitrogen and oxygen atoms in total. The van der Waals surface area contributed by atoms with Gasteiger partial charge in [0.25, 0.3) is 0 Å². The number of piperazine rings is 1. The summed E-state index contributed by atoms with van der Waals surface area (Å²) in [5.74, 6) is -0.435. The van der Waals surface area contributed by atoms with Crippen molar-refractivity contribution < 1.29 is 22.7 Å². The number of alkyl halides is 1. The molecule has 2 saturated heterocycles. The number of hydrogen-bond acceptors (Lipinski definition) is 9. The fraction of sp³-hybridized carbons (Fsp3) is 0.333. The Kier molecular flexibility index (Phi) is 7.77. The van der Waals surface area contributed by atoms with E-state index < -0.39 is 18.0 Å². The molecule has 1 amide bonds. The van der Waals surface area contributed by atoms with Gasteiger partial charge in [0, 0.05) is 48.9 Å². The van der Waals surface area contributed by atoms with Crippen LogP contribution >= 0.6 is 11.6 Å². The lowest BCUT2D eigenvalue weighted by atomic mass is 9.98. The summed E-state index contributed by atoms with van der Waals surface area (Å²) in [6, 6.07) is 7.83. The molecule has 0 saturated carbocycles. The molecule has 0 aliphatic carbocycles. The van der Waals surface area contributed by atoms with Crippen molar-refractivity contribution in [2.24, 2.45) is 0 Å². The van der Waals surface area contributed by atoms with E-state index in [1.165, 1.54) is 12.3 Å². The molecule has 0 bridgehead atoms. The first-order valence-electron chi connectivity index (χ1n) is 13.8. The Labute approximate surface area is 250 Å². The molecule has 6 rings (SSSR count). The minimum absolute atomic E-state index is 0.0507. The van der Waals surface area contributed by atoms with Crippen LogP contribution in [-0.2, 0) is 4.79 Å². The maximum atomic E-state index is 14.6. The van der Waals surface area contributed by atoms with Crippen LogP contribution in [0.4, 0.5) is 20.3 Å². The summed E-state index contributed by atoms with van der Waals surface area (Å²) in [4.78, 5) is 25.6. The molecule has 43 heavy (non-hydrogen) atoms. The van der Waals surface area contributed by atoms with Crippen LogP contribution in [0.25, 0.3) is 33.0 Å². The number of nitrogens with zero attached hydrogens (tertiary/aromatic N) is 5. The van der Waals surface area contributed by atoms with Gasteiger partial charge in [0.15, 0.2) is 0 Å². The van der Waals surface area contributed by atoms with Gasteiger partial charge in [-0.05, 0) is 42.3 Å². The van der Waals surface area contributed by atoms with Crippen LogP contribution in [0.2, 0.25) is 5.02 Å². The van der Waals surface area contributed by atoms with Crippen LogP contribution in [0.1, 0.15) is 12.8 Å². The number of ether oxygens (including phenoxy) is 1. The SMILES string of the molecule is C=CC(=O)N1CCN(c2nc(OC[C@@H]3C[C@@H](F)CN3)nc3cc(-c4cc(N)cc(F)c4Cl)c4ccoc4c23)C[C@@H]1CC#N. The van der Waals surface area contributed by atoms with E-state index in [0.29, 0.717) is 64.9 Å². The number of amides is 1. The number of halogens is 3. The number of nitrogens with two attached hydrogens (primary N) is 1. The number of hydrogen-bond donors (Lipinski definition) is 2. The minimum Gasteiger partial charge on any atom is -0.463 e. The molecule has 4 heterocycles. The lowest BCUT2D eigenvalue weighted by molar-refractivity contribution is -0.128. The number of furan rings is 1. The van der Waals surface area contributed by atoms with Crippen molar-refractivity contribution in [2.45, 2.75) is 31.1 Å². The number of anilines is 2. The molecular weight excluding hydrogens is 580 g/mol. The van der Waals surface area contributed by atoms with Gasteiger partial charge in [-0.3, -0.25) is 4.79 Å². The summed E-state index contributed by atoms with van der Waals surface area (Å²) in [7, 11) is 0. The maximum absolute atomic E-state index is 14.6. The topological polar surface area (TPSA) is 134 Å². The fourth-order valence-corrected chi connectivity index (χ4v) is 6.04. The van der Waals surface area contributed by atoms with Gasteiger partial charge in [0.05, 0.1) is 40.7 Å². The number of carbonyl (C=O) groups excluding carboxylic acids is 1. The zero-order chi connectivity index (χ0) is 30.2. The second-order valence-corrected chi connectivity index (χ2v) is 11.0. The van der Waals surface area contributed by atoms with Crippen molar-refractivity contribution in [1.82, 2.24) is 20.2 Å². The van der Waals surface area contributed by atoms with Gasteiger partial charge in [-0.25, -0.2) is 8.78 Å². The van der Waals surface area contributed by atoms with E-state index in [9.17, 15) is 18.8 Å². The molecule has 2 aliphatic heterocycles. The molecule has 2 fully saturated rings. The molecule has 0 spiro atoms. The van der Waals surface area contributed by atoms with Gasteiger partial charge in [0.1, 0.15) is 30.0 Å². The first-order valence-corrected chi connectivity index (χ1v) is 14.2. The Morgan fingerprint density at radius 2 is 2.16 bits per heavy atom. The molecule has 2 aliphatic rings. The van der Waals surface area contributed by atoms with Crippen molar-refractivity contribution in [3.8, 4) is 23.2 Å². The number of fused-ring (bicyclic) bond motifs is 3. The third-order valence-electron chi connectivity index (χ3n) is 7.85. The second-order valence-electron chi connectivity index (χ2n) is 10.6. The van der Waals surface area contributed by atoms with Crippen LogP contribution < -0.4 is 20.7 Å². The van der Waals surface area contributed by atoms with Gasteiger partial charge in [0.2, 0.25) is 5.91 Å². The summed E-state index contributed by atoms with van der Waals surface area (Å²) in [5, 5.41) is 13.7. The highest BCUT2D eigenvalue weighted by Gasteiger charge is 2.32. The zero-order valence-corrected chi connectivity index (χ0v) is 23.8. The number of benzene rings is 2. The number of aromatic nitrogens is 2. The highest BCUT2D eigenvalue weighted by atomic mass is 35.5. The number of nitrogens with one attached hydrogen (secondary N) is 1. The highest BCUT2D eigenvalue weighted by molar-refractivity contribution is 6.34. The Balaban J connectivity index is 1.50. The Bertz CT molecular complexity index is 1770. The molecule has 3 N–H and O–H groups in total. The lowest BCUT2D eigenvalue weighted by Gasteiger charge is -2.41. The van der Waals surface area contributed by atoms with E-state index in [1.54, 1.807) is 23.1 Å². The van der Waals surface area contributed by atoms with Crippen molar-refractivity contribution in [2.75, 3.05) is 43.4 Å². The second kappa shape index (κ2) is 11.7. The Morgan fingerprint density at radius 1 is 1.33 bits per heavy atom. The number of nitrogen functional groups attached to an aromatic ring is 1. The normalized spacial score (nSPS) is 20.5. The quantitative estimate of drug-likeness (QED) is 0.228. The van der Waals surface area contributed by atoms with E-state index >= 15 is 0 Å². The molecule has 3 atom stereocenters. The number of rotatable bonds is 7. The third-order valence-corrected chi connectivity index (χ3v) is 8.23. The van der Waals surface area contributed by atoms with Crippen LogP contribution in [0.3, 0.4) is 0 Å². The van der Waals surface area contributed by atoms with Crippen LogP contribution in [0.15, 0.2) is 47.6 Å². The van der Waals surface area contributed by atoms with Gasteiger partial charge in [-0.2, -0.15) is 15.2 Å². The predicted octanol–water partition coefficient (Wildman–Crippen LogP) is 4.61. The minimum atomic E-state index is -0.952. The van der Waals surface area contributed by atoms with Crippen molar-refractivity contribution in [3.63, 3.8) is 0 Å². The highest BCUT2D eigenvalue weighted by Crippen LogP contribution is 2.42. The average molecular weight is 608 g/mol. The monoisotopic (exact) mass is 607 g/mol. The molecule has 2 aromatic carbocycles. The predicted molar refractivity (Wildman–Crippen MR) is 159 cm³/mol. The molecule has 0 radical (unpaired) electrons. The largest absolute Gasteiger partial charge is 0.463 e. The lowest BCUT2D eigenvalue weighted by Crippen LogP contribution is -2.55. The van der Waals surface area contributed by atoms with Gasteiger partial charge < -0.3 is 30.0 Å². The van der Waals surface area contributed by atoms with Crippen molar-refractivity contribution in [3.05, 3.63) is 54.0 Å². The summed E-state index contributed by atoms with van der Waals surface area (Å²) in [5.41, 5.74) is 7.95. The molecular formula is C30H28ClF2N7O3. The fourth-order valence-electron chi connectivity index (χ4n) is 5.83. The Hall–Kier alpha value is -4.47. The first-order chi connectivity index (χ1) is 20.8. The molecule has 13 heteroatoms. The van der Waals surface area contributed by atoms with Gasteiger partial charge in [-0.15, -0.1) is 0 Å².